The van der Waals surface area contributed by atoms with Crippen LogP contribution in [0.1, 0.15) is 12.2 Å². The van der Waals surface area contributed by atoms with Crippen molar-refractivity contribution in [3.63, 3.8) is 0 Å². The summed E-state index contributed by atoms with van der Waals surface area (Å²) >= 11 is 0. The molecule has 8 nitrogen and oxygen atoms in total. The normalized spacial score (nSPS) is 22.3. The van der Waals surface area contributed by atoms with Gasteiger partial charge in [0, 0.05) is 13.1 Å². The Balaban J connectivity index is 2.00. The number of carboxylic acid groups (broad SMARTS) is 1. The molecule has 11 heteroatoms. The molecule has 3 N–H and O–H groups in total. The van der Waals surface area contributed by atoms with E-state index in [-0.39, 0.29) is 13.1 Å². The number of H-pyrrole nitrogens is 1. The Labute approximate surface area is 116 Å². The van der Waals surface area contributed by atoms with Gasteiger partial charge in [-0.1, -0.05) is 0 Å². The topological polar surface area (TPSA) is 111 Å². The van der Waals surface area contributed by atoms with Crippen molar-refractivity contribution in [3.05, 3.63) is 12.2 Å². The Hall–Kier alpha value is -2.33. The summed E-state index contributed by atoms with van der Waals surface area (Å²) in [5.74, 6) is -1.64. The maximum absolute atomic E-state index is 13.0. The fraction of sp³-hybridized carbons (Fsp3) is 0.600. The van der Waals surface area contributed by atoms with E-state index in [1.54, 1.807) is 0 Å². The molecule has 0 aromatic carbocycles. The van der Waals surface area contributed by atoms with Crippen molar-refractivity contribution in [1.82, 2.24) is 25.4 Å². The van der Waals surface area contributed by atoms with Gasteiger partial charge >= 0.3 is 18.2 Å². The fourth-order valence-electron chi connectivity index (χ4n) is 2.10. The summed E-state index contributed by atoms with van der Waals surface area (Å²) in [6.45, 7) is -1.23. The van der Waals surface area contributed by atoms with Gasteiger partial charge in [-0.2, -0.15) is 18.3 Å². The minimum Gasteiger partial charge on any atom is -0.481 e. The lowest BCUT2D eigenvalue weighted by atomic mass is 9.86. The number of rotatable bonds is 3. The number of alkyl halides is 3. The Kier molecular flexibility index (Phi) is 3.75. The van der Waals surface area contributed by atoms with Crippen LogP contribution in [-0.2, 0) is 11.3 Å². The molecule has 1 saturated heterocycles. The summed E-state index contributed by atoms with van der Waals surface area (Å²) < 4.78 is 38.9. The number of nitrogens with one attached hydrogen (secondary N) is 2. The molecule has 2 amide bonds. The quantitative estimate of drug-likeness (QED) is 0.746. The van der Waals surface area contributed by atoms with E-state index >= 15 is 0 Å². The van der Waals surface area contributed by atoms with Crippen LogP contribution in [0.4, 0.5) is 18.0 Å². The van der Waals surface area contributed by atoms with Gasteiger partial charge in [0.05, 0.1) is 6.54 Å². The molecular weight excluding hydrogens is 295 g/mol. The van der Waals surface area contributed by atoms with Crippen LogP contribution in [0, 0.1) is 5.41 Å². The van der Waals surface area contributed by atoms with Crippen LogP contribution in [0.15, 0.2) is 6.33 Å². The first-order valence-electron chi connectivity index (χ1n) is 5.93. The summed E-state index contributed by atoms with van der Waals surface area (Å²) in [6, 6.07) is -0.779. The average Bonchev–Trinajstić information content (AvgIpc) is 3.04. The van der Waals surface area contributed by atoms with E-state index in [4.69, 9.17) is 5.11 Å². The van der Waals surface area contributed by atoms with Crippen molar-refractivity contribution >= 4 is 12.0 Å². The van der Waals surface area contributed by atoms with E-state index in [0.717, 1.165) is 4.90 Å². The number of carboxylic acids is 1. The van der Waals surface area contributed by atoms with Crippen molar-refractivity contribution in [1.29, 1.82) is 0 Å². The van der Waals surface area contributed by atoms with E-state index in [1.807, 2.05) is 0 Å². The Morgan fingerprint density at radius 1 is 1.52 bits per heavy atom. The summed E-state index contributed by atoms with van der Waals surface area (Å²) in [5.41, 5.74) is -2.91. The number of aromatic nitrogens is 3. The summed E-state index contributed by atoms with van der Waals surface area (Å²) in [5, 5.41) is 17.2. The zero-order valence-corrected chi connectivity index (χ0v) is 10.6. The number of aliphatic carboxylic acids is 1. The van der Waals surface area contributed by atoms with Crippen molar-refractivity contribution in [2.75, 3.05) is 13.1 Å². The van der Waals surface area contributed by atoms with Gasteiger partial charge in [0.1, 0.15) is 12.2 Å². The number of halogens is 3. The molecule has 1 unspecified atom stereocenters. The summed E-state index contributed by atoms with van der Waals surface area (Å²) in [4.78, 5) is 27.3. The lowest BCUT2D eigenvalue weighted by Crippen LogP contribution is -2.49. The van der Waals surface area contributed by atoms with Gasteiger partial charge < -0.3 is 15.3 Å². The number of hydrogen-bond donors (Lipinski definition) is 3. The van der Waals surface area contributed by atoms with Crippen LogP contribution in [0.5, 0.6) is 0 Å². The summed E-state index contributed by atoms with van der Waals surface area (Å²) in [7, 11) is 0. The first-order valence-corrected chi connectivity index (χ1v) is 5.93. The lowest BCUT2D eigenvalue weighted by Gasteiger charge is -2.27. The van der Waals surface area contributed by atoms with Gasteiger partial charge in [0.2, 0.25) is 0 Å². The molecule has 1 aliphatic rings. The maximum atomic E-state index is 13.0. The molecular formula is C10H12F3N5O3. The fourth-order valence-corrected chi connectivity index (χ4v) is 2.10. The van der Waals surface area contributed by atoms with Gasteiger partial charge in [-0.3, -0.25) is 9.89 Å². The highest BCUT2D eigenvalue weighted by atomic mass is 19.4. The number of aromatic amines is 1. The Morgan fingerprint density at radius 2 is 2.24 bits per heavy atom. The van der Waals surface area contributed by atoms with Gasteiger partial charge in [-0.25, -0.2) is 9.78 Å². The number of likely N-dealkylation sites (tertiary alicyclic amines) is 1. The number of hydrogen-bond acceptors (Lipinski definition) is 4. The second-order valence-electron chi connectivity index (χ2n) is 4.65. The first kappa shape index (κ1) is 15.1. The van der Waals surface area contributed by atoms with Crippen LogP contribution in [-0.4, -0.2) is 56.5 Å². The predicted octanol–water partition coefficient (Wildman–Crippen LogP) is 0.353. The minimum absolute atomic E-state index is 0.0403. The second-order valence-corrected chi connectivity index (χ2v) is 4.65. The number of urea groups is 1. The van der Waals surface area contributed by atoms with Gasteiger partial charge in [-0.05, 0) is 6.42 Å². The molecule has 1 aromatic rings. The predicted molar refractivity (Wildman–Crippen MR) is 60.9 cm³/mol. The minimum atomic E-state index is -4.92. The SMILES string of the molecule is O=C(NCc1ncn[nH]1)N1CCC(C(=O)O)(C(F)(F)F)C1. The van der Waals surface area contributed by atoms with Gasteiger partial charge in [-0.15, -0.1) is 0 Å². The van der Waals surface area contributed by atoms with E-state index < -0.39 is 36.6 Å². The lowest BCUT2D eigenvalue weighted by molar-refractivity contribution is -0.226. The molecule has 0 spiro atoms. The molecule has 1 atom stereocenters. The third-order valence-electron chi connectivity index (χ3n) is 3.38. The van der Waals surface area contributed by atoms with Crippen LogP contribution < -0.4 is 5.32 Å². The number of nitrogens with zero attached hydrogens (tertiary/aromatic N) is 3. The zero-order valence-electron chi connectivity index (χ0n) is 10.6. The highest BCUT2D eigenvalue weighted by Gasteiger charge is 2.64. The molecule has 0 aliphatic carbocycles. The van der Waals surface area contributed by atoms with Crippen molar-refractivity contribution in [2.24, 2.45) is 5.41 Å². The Bertz CT molecular complexity index is 533. The molecule has 2 heterocycles. The highest BCUT2D eigenvalue weighted by molar-refractivity contribution is 5.80. The number of carbonyl (C=O) groups is 2. The maximum Gasteiger partial charge on any atom is 0.406 e. The van der Waals surface area contributed by atoms with Crippen LogP contribution in [0.25, 0.3) is 0 Å². The molecule has 2 rings (SSSR count). The van der Waals surface area contributed by atoms with Crippen molar-refractivity contribution in [3.8, 4) is 0 Å². The largest absolute Gasteiger partial charge is 0.481 e. The molecule has 0 radical (unpaired) electrons. The molecule has 1 aliphatic heterocycles. The molecule has 1 fully saturated rings. The van der Waals surface area contributed by atoms with Crippen molar-refractivity contribution in [2.45, 2.75) is 19.1 Å². The van der Waals surface area contributed by atoms with E-state index in [9.17, 15) is 22.8 Å². The zero-order chi connectivity index (χ0) is 15.7. The van der Waals surface area contributed by atoms with E-state index in [0.29, 0.717) is 5.82 Å². The van der Waals surface area contributed by atoms with Crippen molar-refractivity contribution < 1.29 is 27.9 Å². The van der Waals surface area contributed by atoms with E-state index in [1.165, 1.54) is 6.33 Å². The third-order valence-corrected chi connectivity index (χ3v) is 3.38. The summed E-state index contributed by atoms with van der Waals surface area (Å²) in [6.07, 6.45) is -4.36. The van der Waals surface area contributed by atoms with Crippen LogP contribution in [0.3, 0.4) is 0 Å². The third kappa shape index (κ3) is 2.76. The number of carbonyl (C=O) groups excluding carboxylic acids is 1. The van der Waals surface area contributed by atoms with Gasteiger partial charge in [0.15, 0.2) is 5.41 Å². The van der Waals surface area contributed by atoms with E-state index in [2.05, 4.69) is 20.5 Å². The van der Waals surface area contributed by atoms with Crippen LogP contribution >= 0.6 is 0 Å². The second kappa shape index (κ2) is 5.22. The molecule has 0 saturated carbocycles. The van der Waals surface area contributed by atoms with Gasteiger partial charge in [0.25, 0.3) is 0 Å². The van der Waals surface area contributed by atoms with Crippen LogP contribution in [0.2, 0.25) is 0 Å². The monoisotopic (exact) mass is 307 g/mol. The number of amides is 2. The molecule has 0 bridgehead atoms. The Morgan fingerprint density at radius 3 is 2.71 bits per heavy atom. The molecule has 1 aromatic heterocycles. The first-order chi connectivity index (χ1) is 9.76. The molecule has 116 valence electrons. The standard InChI is InChI=1S/C10H12F3N5O3/c11-10(12,13)9(7(19)20)1-2-18(4-9)8(21)14-3-6-15-5-16-17-6/h5H,1-4H2,(H,14,21)(H,19,20)(H,15,16,17). The average molecular weight is 307 g/mol. The highest BCUT2D eigenvalue weighted by Crippen LogP contribution is 2.45. The molecule has 21 heavy (non-hydrogen) atoms. The smallest absolute Gasteiger partial charge is 0.406 e.